The van der Waals surface area contributed by atoms with E-state index in [1.54, 1.807) is 6.07 Å². The van der Waals surface area contributed by atoms with Gasteiger partial charge in [0.05, 0.1) is 29.3 Å². The fourth-order valence-electron chi connectivity index (χ4n) is 1.38. The first-order valence-electron chi connectivity index (χ1n) is 5.58. The van der Waals surface area contributed by atoms with Gasteiger partial charge in [0.1, 0.15) is 5.69 Å². The number of anilines is 1. The number of hydrogen-bond donors (Lipinski definition) is 1. The first-order valence-corrected chi connectivity index (χ1v) is 5.58. The fourth-order valence-corrected chi connectivity index (χ4v) is 1.38. The van der Waals surface area contributed by atoms with Gasteiger partial charge in [0.2, 0.25) is 0 Å². The lowest BCUT2D eigenvalue weighted by Gasteiger charge is -2.09. The Balaban J connectivity index is 2.70. The predicted molar refractivity (Wildman–Crippen MR) is 67.4 cm³/mol. The molecule has 1 aromatic rings. The Kier molecular flexibility index (Phi) is 5.08. The van der Waals surface area contributed by atoms with Gasteiger partial charge in [-0.3, -0.25) is 10.1 Å². The second-order valence-electron chi connectivity index (χ2n) is 3.95. The summed E-state index contributed by atoms with van der Waals surface area (Å²) >= 11 is 0. The van der Waals surface area contributed by atoms with Crippen molar-refractivity contribution >= 4 is 11.4 Å². The first kappa shape index (κ1) is 13.9. The van der Waals surface area contributed by atoms with E-state index in [4.69, 9.17) is 10.00 Å². The lowest BCUT2D eigenvalue weighted by atomic mass is 10.2. The van der Waals surface area contributed by atoms with Crippen LogP contribution < -0.4 is 5.32 Å². The van der Waals surface area contributed by atoms with Crippen molar-refractivity contribution in [3.05, 3.63) is 33.9 Å². The quantitative estimate of drug-likeness (QED) is 0.474. The summed E-state index contributed by atoms with van der Waals surface area (Å²) in [6, 6.07) is 6.20. The minimum absolute atomic E-state index is 0.0985. The average molecular weight is 249 g/mol. The zero-order valence-electron chi connectivity index (χ0n) is 10.3. The molecule has 1 N–H and O–H groups in total. The van der Waals surface area contributed by atoms with Crippen molar-refractivity contribution in [2.24, 2.45) is 0 Å². The Labute approximate surface area is 105 Å². The number of hydrogen-bond acceptors (Lipinski definition) is 5. The molecule has 0 atom stereocenters. The molecule has 0 aliphatic heterocycles. The maximum absolute atomic E-state index is 10.9. The van der Waals surface area contributed by atoms with Crippen LogP contribution in [0.3, 0.4) is 0 Å². The molecule has 0 saturated carbocycles. The van der Waals surface area contributed by atoms with Gasteiger partial charge in [0.15, 0.2) is 0 Å². The van der Waals surface area contributed by atoms with Crippen molar-refractivity contribution in [2.45, 2.75) is 20.0 Å². The van der Waals surface area contributed by atoms with Crippen LogP contribution in [-0.4, -0.2) is 24.2 Å². The van der Waals surface area contributed by atoms with Gasteiger partial charge in [-0.2, -0.15) is 5.26 Å². The van der Waals surface area contributed by atoms with E-state index in [0.717, 1.165) is 0 Å². The van der Waals surface area contributed by atoms with Gasteiger partial charge in [-0.15, -0.1) is 0 Å². The Morgan fingerprint density at radius 2 is 2.28 bits per heavy atom. The van der Waals surface area contributed by atoms with E-state index in [1.807, 2.05) is 19.9 Å². The van der Waals surface area contributed by atoms with Crippen LogP contribution in [0.15, 0.2) is 18.2 Å². The molecule has 0 fully saturated rings. The maximum Gasteiger partial charge on any atom is 0.293 e. The summed E-state index contributed by atoms with van der Waals surface area (Å²) in [4.78, 5) is 10.3. The highest BCUT2D eigenvalue weighted by atomic mass is 16.6. The van der Waals surface area contributed by atoms with Crippen molar-refractivity contribution in [3.8, 4) is 6.07 Å². The van der Waals surface area contributed by atoms with Crippen LogP contribution in [0.1, 0.15) is 19.4 Å². The highest BCUT2D eigenvalue weighted by Crippen LogP contribution is 2.24. The molecule has 1 rings (SSSR count). The number of benzene rings is 1. The fraction of sp³-hybridized carbons (Fsp3) is 0.417. The third-order valence-electron chi connectivity index (χ3n) is 2.19. The van der Waals surface area contributed by atoms with Crippen LogP contribution in [0.2, 0.25) is 0 Å². The summed E-state index contributed by atoms with van der Waals surface area (Å²) in [6.07, 6.45) is 0.128. The Morgan fingerprint density at radius 3 is 2.83 bits per heavy atom. The summed E-state index contributed by atoms with van der Waals surface area (Å²) < 4.78 is 5.32. The molecule has 6 nitrogen and oxygen atoms in total. The van der Waals surface area contributed by atoms with E-state index in [9.17, 15) is 10.1 Å². The second kappa shape index (κ2) is 6.57. The van der Waals surface area contributed by atoms with Crippen molar-refractivity contribution in [3.63, 3.8) is 0 Å². The summed E-state index contributed by atoms with van der Waals surface area (Å²) in [5.74, 6) is 0. The number of nitrogens with zero attached hydrogens (tertiary/aromatic N) is 2. The Hall–Kier alpha value is -2.13. The van der Waals surface area contributed by atoms with E-state index in [1.165, 1.54) is 12.1 Å². The molecular weight excluding hydrogens is 234 g/mol. The van der Waals surface area contributed by atoms with Crippen molar-refractivity contribution < 1.29 is 9.66 Å². The summed E-state index contributed by atoms with van der Waals surface area (Å²) in [5, 5.41) is 22.5. The normalized spacial score (nSPS) is 10.1. The molecule has 0 aliphatic rings. The van der Waals surface area contributed by atoms with Gasteiger partial charge in [-0.05, 0) is 26.0 Å². The number of nitrogens with one attached hydrogen (secondary N) is 1. The van der Waals surface area contributed by atoms with Crippen molar-refractivity contribution in [1.82, 2.24) is 0 Å². The lowest BCUT2D eigenvalue weighted by Crippen LogP contribution is -2.13. The van der Waals surface area contributed by atoms with Crippen LogP contribution in [0.4, 0.5) is 11.4 Å². The van der Waals surface area contributed by atoms with Gasteiger partial charge in [0, 0.05) is 12.6 Å². The average Bonchev–Trinajstić information content (AvgIpc) is 2.34. The number of nitriles is 1. The lowest BCUT2D eigenvalue weighted by molar-refractivity contribution is -0.384. The van der Waals surface area contributed by atoms with Crippen molar-refractivity contribution in [1.29, 1.82) is 5.26 Å². The highest BCUT2D eigenvalue weighted by molar-refractivity contribution is 5.63. The minimum Gasteiger partial charge on any atom is -0.377 e. The topological polar surface area (TPSA) is 88.2 Å². The van der Waals surface area contributed by atoms with Crippen LogP contribution in [0.25, 0.3) is 0 Å². The van der Waals surface area contributed by atoms with Crippen LogP contribution in [-0.2, 0) is 4.74 Å². The number of rotatable bonds is 6. The summed E-state index contributed by atoms with van der Waals surface area (Å²) in [5.41, 5.74) is 0.565. The monoisotopic (exact) mass is 249 g/mol. The predicted octanol–water partition coefficient (Wildman–Crippen LogP) is 2.30. The largest absolute Gasteiger partial charge is 0.377 e. The van der Waals surface area contributed by atoms with E-state index in [2.05, 4.69) is 5.32 Å². The zero-order chi connectivity index (χ0) is 13.5. The van der Waals surface area contributed by atoms with Crippen LogP contribution in [0.5, 0.6) is 0 Å². The molecule has 0 spiro atoms. The maximum atomic E-state index is 10.9. The Bertz CT molecular complexity index is 466. The molecule has 6 heteroatoms. The summed E-state index contributed by atoms with van der Waals surface area (Å²) in [7, 11) is 0. The molecule has 0 amide bonds. The SMILES string of the molecule is CC(C)OCCNc1ccc(C#N)cc1[N+](=O)[O-]. The van der Waals surface area contributed by atoms with Gasteiger partial charge in [-0.1, -0.05) is 0 Å². The molecule has 0 saturated heterocycles. The van der Waals surface area contributed by atoms with E-state index >= 15 is 0 Å². The third-order valence-corrected chi connectivity index (χ3v) is 2.19. The molecular formula is C12H15N3O3. The van der Waals surface area contributed by atoms with E-state index in [0.29, 0.717) is 18.8 Å². The molecule has 0 unspecified atom stereocenters. The van der Waals surface area contributed by atoms with Gasteiger partial charge in [-0.25, -0.2) is 0 Å². The third kappa shape index (κ3) is 4.03. The van der Waals surface area contributed by atoms with Crippen molar-refractivity contribution in [2.75, 3.05) is 18.5 Å². The molecule has 96 valence electrons. The highest BCUT2D eigenvalue weighted by Gasteiger charge is 2.14. The van der Waals surface area contributed by atoms with Gasteiger partial charge in [0.25, 0.3) is 5.69 Å². The second-order valence-corrected chi connectivity index (χ2v) is 3.95. The van der Waals surface area contributed by atoms with Crippen LogP contribution in [0, 0.1) is 21.4 Å². The minimum atomic E-state index is -0.507. The number of ether oxygens (including phenoxy) is 1. The standard InChI is InChI=1S/C12H15N3O3/c1-9(2)18-6-5-14-11-4-3-10(8-13)7-12(11)15(16)17/h3-4,7,9,14H,5-6H2,1-2H3. The molecule has 0 bridgehead atoms. The molecule has 1 aromatic carbocycles. The smallest absolute Gasteiger partial charge is 0.293 e. The van der Waals surface area contributed by atoms with Crippen LogP contribution >= 0.6 is 0 Å². The molecule has 0 aromatic heterocycles. The first-order chi connectivity index (χ1) is 8.54. The molecule has 18 heavy (non-hydrogen) atoms. The Morgan fingerprint density at radius 1 is 1.56 bits per heavy atom. The van der Waals surface area contributed by atoms with Gasteiger partial charge < -0.3 is 10.1 Å². The molecule has 0 heterocycles. The molecule has 0 radical (unpaired) electrons. The zero-order valence-corrected chi connectivity index (χ0v) is 10.3. The number of nitro groups is 1. The van der Waals surface area contributed by atoms with Gasteiger partial charge >= 0.3 is 0 Å². The molecule has 0 aliphatic carbocycles. The van der Waals surface area contributed by atoms with E-state index in [-0.39, 0.29) is 17.4 Å². The number of nitro benzene ring substituents is 1. The van der Waals surface area contributed by atoms with E-state index < -0.39 is 4.92 Å². The summed E-state index contributed by atoms with van der Waals surface area (Å²) in [6.45, 7) is 4.79.